The van der Waals surface area contributed by atoms with Crippen LogP contribution in [0.5, 0.6) is 11.5 Å². The Bertz CT molecular complexity index is 576. The van der Waals surface area contributed by atoms with Gasteiger partial charge in [-0.1, -0.05) is 18.2 Å². The highest BCUT2D eigenvalue weighted by molar-refractivity contribution is 5.92. The van der Waals surface area contributed by atoms with Gasteiger partial charge < -0.3 is 14.4 Å². The van der Waals surface area contributed by atoms with E-state index in [0.29, 0.717) is 24.6 Å². The average molecular weight is 317 g/mol. The molecule has 0 aromatic heterocycles. The number of ether oxygens (including phenoxy) is 2. The molecule has 0 fully saturated rings. The van der Waals surface area contributed by atoms with Crippen molar-refractivity contribution in [2.75, 3.05) is 20.2 Å². The second-order valence-electron chi connectivity index (χ2n) is 5.72. The van der Waals surface area contributed by atoms with Crippen LogP contribution in [-0.2, 0) is 4.79 Å². The number of nitrogens with zero attached hydrogens (tertiary/aromatic N) is 1. The fourth-order valence-electron chi connectivity index (χ4n) is 2.08. The largest absolute Gasteiger partial charge is 0.493 e. The quantitative estimate of drug-likeness (QED) is 0.539. The molecule has 0 aliphatic rings. The molecule has 0 radical (unpaired) electrons. The molecule has 1 aromatic rings. The molecule has 0 atom stereocenters. The van der Waals surface area contributed by atoms with Gasteiger partial charge in [0.15, 0.2) is 11.5 Å². The highest BCUT2D eigenvalue weighted by atomic mass is 16.5. The molecule has 4 nitrogen and oxygen atoms in total. The molecule has 0 N–H and O–H groups in total. The third-order valence-corrected chi connectivity index (χ3v) is 3.12. The topological polar surface area (TPSA) is 38.8 Å². The number of rotatable bonds is 8. The second-order valence-corrected chi connectivity index (χ2v) is 5.72. The number of hydrogen-bond donors (Lipinski definition) is 0. The Morgan fingerprint density at radius 3 is 2.57 bits per heavy atom. The minimum atomic E-state index is -0.0306. The first kappa shape index (κ1) is 18.8. The first-order chi connectivity index (χ1) is 10.9. The minimum absolute atomic E-state index is 0.0306. The number of likely N-dealkylation sites (N-methyl/N-ethyl adjacent to an activating group) is 1. The van der Waals surface area contributed by atoms with Crippen molar-refractivity contribution < 1.29 is 14.3 Å². The maximum Gasteiger partial charge on any atom is 0.246 e. The van der Waals surface area contributed by atoms with Crippen molar-refractivity contribution in [3.63, 3.8) is 0 Å². The number of methoxy groups -OCH3 is 1. The van der Waals surface area contributed by atoms with Crippen LogP contribution in [0.15, 0.2) is 36.4 Å². The van der Waals surface area contributed by atoms with E-state index in [-0.39, 0.29) is 12.0 Å². The molecule has 126 valence electrons. The maximum absolute atomic E-state index is 12.2. The Hall–Kier alpha value is -2.23. The van der Waals surface area contributed by atoms with Gasteiger partial charge in [0.25, 0.3) is 0 Å². The Morgan fingerprint density at radius 1 is 1.35 bits per heavy atom. The number of benzene rings is 1. The molecule has 23 heavy (non-hydrogen) atoms. The molecule has 0 spiro atoms. The van der Waals surface area contributed by atoms with Crippen LogP contribution in [0.4, 0.5) is 0 Å². The van der Waals surface area contributed by atoms with E-state index in [2.05, 4.69) is 6.58 Å². The van der Waals surface area contributed by atoms with Crippen LogP contribution in [0.3, 0.4) is 0 Å². The lowest BCUT2D eigenvalue weighted by Gasteiger charge is -2.19. The fourth-order valence-corrected chi connectivity index (χ4v) is 2.08. The summed E-state index contributed by atoms with van der Waals surface area (Å²) in [7, 11) is 1.60. The van der Waals surface area contributed by atoms with Crippen LogP contribution in [0, 0.1) is 0 Å². The van der Waals surface area contributed by atoms with E-state index in [4.69, 9.17) is 9.47 Å². The molecule has 0 saturated carbocycles. The monoisotopic (exact) mass is 317 g/mol. The molecule has 0 bridgehead atoms. The summed E-state index contributed by atoms with van der Waals surface area (Å²) in [5, 5.41) is 0. The summed E-state index contributed by atoms with van der Waals surface area (Å²) in [6.07, 6.45) is 3.43. The molecule has 0 saturated heterocycles. The highest BCUT2D eigenvalue weighted by Crippen LogP contribution is 2.29. The Morgan fingerprint density at radius 2 is 2.04 bits per heavy atom. The van der Waals surface area contributed by atoms with Crippen molar-refractivity contribution in [1.29, 1.82) is 0 Å². The first-order valence-electron chi connectivity index (χ1n) is 7.83. The number of carbonyl (C=O) groups is 1. The fraction of sp³-hybridized carbons (Fsp3) is 0.421. The smallest absolute Gasteiger partial charge is 0.246 e. The number of amides is 1. The molecule has 0 unspecified atom stereocenters. The Labute approximate surface area is 139 Å². The van der Waals surface area contributed by atoms with Gasteiger partial charge in [-0.3, -0.25) is 4.79 Å². The van der Waals surface area contributed by atoms with E-state index in [0.717, 1.165) is 11.1 Å². The van der Waals surface area contributed by atoms with Crippen LogP contribution in [0.2, 0.25) is 0 Å². The van der Waals surface area contributed by atoms with E-state index >= 15 is 0 Å². The molecule has 1 aromatic carbocycles. The molecule has 0 aliphatic heterocycles. The van der Waals surface area contributed by atoms with Gasteiger partial charge in [0.2, 0.25) is 5.91 Å². The van der Waals surface area contributed by atoms with Gasteiger partial charge in [-0.15, -0.1) is 0 Å². The van der Waals surface area contributed by atoms with E-state index in [1.54, 1.807) is 24.2 Å². The van der Waals surface area contributed by atoms with Crippen LogP contribution in [-0.4, -0.2) is 37.1 Å². The van der Waals surface area contributed by atoms with Gasteiger partial charge in [-0.05, 0) is 51.5 Å². The zero-order chi connectivity index (χ0) is 17.4. The summed E-state index contributed by atoms with van der Waals surface area (Å²) in [5.74, 6) is 1.32. The van der Waals surface area contributed by atoms with Gasteiger partial charge >= 0.3 is 0 Å². The molecule has 4 heteroatoms. The zero-order valence-electron chi connectivity index (χ0n) is 14.8. The summed E-state index contributed by atoms with van der Waals surface area (Å²) in [4.78, 5) is 13.9. The average Bonchev–Trinajstić information content (AvgIpc) is 2.50. The van der Waals surface area contributed by atoms with Gasteiger partial charge in [-0.25, -0.2) is 0 Å². The Kier molecular flexibility index (Phi) is 7.39. The lowest BCUT2D eigenvalue weighted by atomic mass is 10.1. The summed E-state index contributed by atoms with van der Waals surface area (Å²) in [5.41, 5.74) is 1.85. The van der Waals surface area contributed by atoms with E-state index in [1.807, 2.05) is 45.9 Å². The van der Waals surface area contributed by atoms with Crippen molar-refractivity contribution >= 4 is 12.0 Å². The van der Waals surface area contributed by atoms with Crippen LogP contribution in [0.25, 0.3) is 6.08 Å². The molecule has 0 heterocycles. The third-order valence-electron chi connectivity index (χ3n) is 3.12. The summed E-state index contributed by atoms with van der Waals surface area (Å²) < 4.78 is 11.0. The zero-order valence-corrected chi connectivity index (χ0v) is 14.8. The number of hydrogen-bond acceptors (Lipinski definition) is 3. The van der Waals surface area contributed by atoms with Gasteiger partial charge in [0.05, 0.1) is 13.2 Å². The van der Waals surface area contributed by atoms with Crippen molar-refractivity contribution in [3.8, 4) is 11.5 Å². The molecular formula is C19H27NO3. The standard InChI is InChI=1S/C19H27NO3/c1-7-20(13-14(2)3)19(21)11-9-16-8-10-17(23-15(4)5)18(12-16)22-6/h8-12,15H,2,7,13H2,1,3-6H3. The van der Waals surface area contributed by atoms with E-state index in [9.17, 15) is 4.79 Å². The van der Waals surface area contributed by atoms with E-state index < -0.39 is 0 Å². The third kappa shape index (κ3) is 6.19. The van der Waals surface area contributed by atoms with Crippen LogP contribution < -0.4 is 9.47 Å². The van der Waals surface area contributed by atoms with Crippen molar-refractivity contribution in [3.05, 3.63) is 42.0 Å². The van der Waals surface area contributed by atoms with Crippen molar-refractivity contribution in [2.24, 2.45) is 0 Å². The summed E-state index contributed by atoms with van der Waals surface area (Å²) in [6.45, 7) is 12.9. The normalized spacial score (nSPS) is 10.9. The lowest BCUT2D eigenvalue weighted by Crippen LogP contribution is -2.30. The minimum Gasteiger partial charge on any atom is -0.493 e. The summed E-state index contributed by atoms with van der Waals surface area (Å²) >= 11 is 0. The van der Waals surface area contributed by atoms with Crippen molar-refractivity contribution in [2.45, 2.75) is 33.8 Å². The predicted octanol–water partition coefficient (Wildman–Crippen LogP) is 3.92. The SMILES string of the molecule is C=C(C)CN(CC)C(=O)C=Cc1ccc(OC(C)C)c(OC)c1. The predicted molar refractivity (Wildman–Crippen MR) is 94.9 cm³/mol. The molecule has 0 aliphatic carbocycles. The highest BCUT2D eigenvalue weighted by Gasteiger charge is 2.09. The molecule has 1 amide bonds. The molecule has 1 rings (SSSR count). The van der Waals surface area contributed by atoms with Crippen molar-refractivity contribution in [1.82, 2.24) is 4.90 Å². The maximum atomic E-state index is 12.2. The second kappa shape index (κ2) is 9.03. The first-order valence-corrected chi connectivity index (χ1v) is 7.83. The van der Waals surface area contributed by atoms with Crippen LogP contribution in [0.1, 0.15) is 33.3 Å². The van der Waals surface area contributed by atoms with Gasteiger partial charge in [0.1, 0.15) is 0 Å². The molecular weight excluding hydrogens is 290 g/mol. The van der Waals surface area contributed by atoms with Gasteiger partial charge in [-0.2, -0.15) is 0 Å². The summed E-state index contributed by atoms with van der Waals surface area (Å²) in [6, 6.07) is 5.62. The Balaban J connectivity index is 2.87. The number of carbonyl (C=O) groups excluding carboxylic acids is 1. The lowest BCUT2D eigenvalue weighted by molar-refractivity contribution is -0.125. The van der Waals surface area contributed by atoms with Gasteiger partial charge in [0, 0.05) is 19.2 Å². The van der Waals surface area contributed by atoms with Crippen LogP contribution >= 0.6 is 0 Å². The van der Waals surface area contributed by atoms with E-state index in [1.165, 1.54) is 0 Å².